The van der Waals surface area contributed by atoms with Crippen LogP contribution in [0.25, 0.3) is 0 Å². The van der Waals surface area contributed by atoms with Crippen LogP contribution in [0.2, 0.25) is 0 Å². The molecule has 0 atom stereocenters. The van der Waals surface area contributed by atoms with E-state index in [4.69, 9.17) is 9.47 Å². The van der Waals surface area contributed by atoms with Crippen molar-refractivity contribution in [3.05, 3.63) is 40.7 Å². The standard InChI is InChI=1S/C20H27N3O3/c1-13(2)11-23-15(4)17(14(3)22-23)6-8-20(24)21-10-16-5-7-18-19(9-16)26-12-25-18/h5,7,9,13H,6,8,10-12H2,1-4H3,(H,21,24). The van der Waals surface area contributed by atoms with Crippen molar-refractivity contribution in [2.75, 3.05) is 6.79 Å². The first-order valence-corrected chi connectivity index (χ1v) is 9.12. The molecule has 0 saturated carbocycles. The SMILES string of the molecule is Cc1nn(CC(C)C)c(C)c1CCC(=O)NCc1ccc2c(c1)OCO2. The zero-order valence-corrected chi connectivity index (χ0v) is 16.0. The Hall–Kier alpha value is -2.50. The minimum Gasteiger partial charge on any atom is -0.454 e. The molecule has 2 heterocycles. The molecule has 0 aliphatic carbocycles. The van der Waals surface area contributed by atoms with Crippen molar-refractivity contribution in [1.29, 1.82) is 0 Å². The van der Waals surface area contributed by atoms with Gasteiger partial charge < -0.3 is 14.8 Å². The minimum absolute atomic E-state index is 0.0399. The molecule has 1 aliphatic heterocycles. The highest BCUT2D eigenvalue weighted by atomic mass is 16.7. The molecule has 1 aromatic carbocycles. The first kappa shape index (κ1) is 18.3. The molecule has 6 heteroatoms. The molecular weight excluding hydrogens is 330 g/mol. The number of carbonyl (C=O) groups excluding carboxylic acids is 1. The maximum Gasteiger partial charge on any atom is 0.231 e. The third-order valence-electron chi connectivity index (χ3n) is 4.60. The van der Waals surface area contributed by atoms with Gasteiger partial charge in [-0.1, -0.05) is 19.9 Å². The van der Waals surface area contributed by atoms with E-state index < -0.39 is 0 Å². The molecule has 0 bridgehead atoms. The van der Waals surface area contributed by atoms with Gasteiger partial charge in [-0.15, -0.1) is 0 Å². The number of rotatable bonds is 7. The van der Waals surface area contributed by atoms with Gasteiger partial charge in [0.1, 0.15) is 0 Å². The van der Waals surface area contributed by atoms with Crippen molar-refractivity contribution >= 4 is 5.91 Å². The number of carbonyl (C=O) groups is 1. The zero-order chi connectivity index (χ0) is 18.7. The number of nitrogens with zero attached hydrogens (tertiary/aromatic N) is 2. The normalized spacial score (nSPS) is 12.7. The predicted molar refractivity (Wildman–Crippen MR) is 99.3 cm³/mol. The average molecular weight is 357 g/mol. The molecule has 26 heavy (non-hydrogen) atoms. The number of hydrogen-bond donors (Lipinski definition) is 1. The average Bonchev–Trinajstić information content (AvgIpc) is 3.15. The molecule has 1 aliphatic rings. The smallest absolute Gasteiger partial charge is 0.231 e. The zero-order valence-electron chi connectivity index (χ0n) is 16.0. The van der Waals surface area contributed by atoms with Crippen molar-refractivity contribution < 1.29 is 14.3 Å². The lowest BCUT2D eigenvalue weighted by molar-refractivity contribution is -0.121. The predicted octanol–water partition coefficient (Wildman–Crippen LogP) is 3.13. The Kier molecular flexibility index (Phi) is 5.49. The summed E-state index contributed by atoms with van der Waals surface area (Å²) in [6.07, 6.45) is 1.17. The number of aromatic nitrogens is 2. The van der Waals surface area contributed by atoms with E-state index in [0.29, 0.717) is 25.3 Å². The molecule has 0 fully saturated rings. The molecule has 0 spiro atoms. The quantitative estimate of drug-likeness (QED) is 0.827. The van der Waals surface area contributed by atoms with Crippen molar-refractivity contribution in [3.8, 4) is 11.5 Å². The Morgan fingerprint density at radius 3 is 2.81 bits per heavy atom. The third-order valence-corrected chi connectivity index (χ3v) is 4.60. The van der Waals surface area contributed by atoms with Crippen LogP contribution in [-0.2, 0) is 24.3 Å². The van der Waals surface area contributed by atoms with E-state index >= 15 is 0 Å². The Morgan fingerprint density at radius 2 is 2.04 bits per heavy atom. The summed E-state index contributed by atoms with van der Waals surface area (Å²) >= 11 is 0. The Balaban J connectivity index is 1.52. The molecule has 0 radical (unpaired) electrons. The molecule has 0 unspecified atom stereocenters. The van der Waals surface area contributed by atoms with E-state index in [1.54, 1.807) is 0 Å². The van der Waals surface area contributed by atoms with Crippen molar-refractivity contribution in [3.63, 3.8) is 0 Å². The number of hydrogen-bond acceptors (Lipinski definition) is 4. The van der Waals surface area contributed by atoms with Crippen molar-refractivity contribution in [2.24, 2.45) is 5.92 Å². The lowest BCUT2D eigenvalue weighted by atomic mass is 10.1. The van der Waals surface area contributed by atoms with Crippen LogP contribution < -0.4 is 14.8 Å². The molecule has 2 aromatic rings. The van der Waals surface area contributed by atoms with Crippen LogP contribution in [0, 0.1) is 19.8 Å². The number of fused-ring (bicyclic) bond motifs is 1. The molecule has 0 saturated heterocycles. The molecule has 1 aromatic heterocycles. The van der Waals surface area contributed by atoms with Crippen LogP contribution in [0.5, 0.6) is 11.5 Å². The van der Waals surface area contributed by atoms with Crippen LogP contribution in [0.3, 0.4) is 0 Å². The monoisotopic (exact) mass is 357 g/mol. The van der Waals surface area contributed by atoms with Gasteiger partial charge in [-0.2, -0.15) is 5.10 Å². The molecule has 140 valence electrons. The van der Waals surface area contributed by atoms with Gasteiger partial charge in [0.2, 0.25) is 12.7 Å². The van der Waals surface area contributed by atoms with Gasteiger partial charge in [-0.3, -0.25) is 9.48 Å². The van der Waals surface area contributed by atoms with E-state index in [2.05, 4.69) is 35.9 Å². The highest BCUT2D eigenvalue weighted by Gasteiger charge is 2.15. The van der Waals surface area contributed by atoms with Crippen molar-refractivity contribution in [1.82, 2.24) is 15.1 Å². The number of ether oxygens (including phenoxy) is 2. The van der Waals surface area contributed by atoms with Gasteiger partial charge in [-0.05, 0) is 49.4 Å². The summed E-state index contributed by atoms with van der Waals surface area (Å²) in [6, 6.07) is 5.73. The lowest BCUT2D eigenvalue weighted by Gasteiger charge is -2.08. The second-order valence-corrected chi connectivity index (χ2v) is 7.19. The fourth-order valence-corrected chi connectivity index (χ4v) is 3.20. The van der Waals surface area contributed by atoms with E-state index in [-0.39, 0.29) is 12.7 Å². The first-order chi connectivity index (χ1) is 12.4. The van der Waals surface area contributed by atoms with Gasteiger partial charge >= 0.3 is 0 Å². The van der Waals surface area contributed by atoms with Crippen LogP contribution in [0.1, 0.15) is 42.8 Å². The van der Waals surface area contributed by atoms with E-state index in [0.717, 1.165) is 29.3 Å². The maximum atomic E-state index is 12.2. The molecule has 1 N–H and O–H groups in total. The van der Waals surface area contributed by atoms with E-state index in [9.17, 15) is 4.79 Å². The Morgan fingerprint density at radius 1 is 1.27 bits per heavy atom. The van der Waals surface area contributed by atoms with E-state index in [1.807, 2.05) is 25.1 Å². The number of aryl methyl sites for hydroxylation is 1. The summed E-state index contributed by atoms with van der Waals surface area (Å²) in [6.45, 7) is 10.1. The Bertz CT molecular complexity index is 796. The van der Waals surface area contributed by atoms with Gasteiger partial charge in [0, 0.05) is 25.2 Å². The van der Waals surface area contributed by atoms with Gasteiger partial charge in [0.15, 0.2) is 11.5 Å². The molecular formula is C20H27N3O3. The van der Waals surface area contributed by atoms with Crippen LogP contribution in [0.4, 0.5) is 0 Å². The molecule has 3 rings (SSSR count). The first-order valence-electron chi connectivity index (χ1n) is 9.12. The second-order valence-electron chi connectivity index (χ2n) is 7.19. The number of nitrogens with one attached hydrogen (secondary N) is 1. The van der Waals surface area contributed by atoms with Gasteiger partial charge in [0.25, 0.3) is 0 Å². The van der Waals surface area contributed by atoms with Crippen LogP contribution in [-0.4, -0.2) is 22.5 Å². The fraction of sp³-hybridized carbons (Fsp3) is 0.500. The summed E-state index contributed by atoms with van der Waals surface area (Å²) in [5.41, 5.74) is 4.37. The highest BCUT2D eigenvalue weighted by molar-refractivity contribution is 5.76. The second kappa shape index (κ2) is 7.81. The molecule has 1 amide bonds. The fourth-order valence-electron chi connectivity index (χ4n) is 3.20. The largest absolute Gasteiger partial charge is 0.454 e. The van der Waals surface area contributed by atoms with Crippen LogP contribution in [0.15, 0.2) is 18.2 Å². The lowest BCUT2D eigenvalue weighted by Crippen LogP contribution is -2.23. The Labute approximate surface area is 154 Å². The summed E-state index contributed by atoms with van der Waals surface area (Å²) in [4.78, 5) is 12.2. The summed E-state index contributed by atoms with van der Waals surface area (Å²) < 4.78 is 12.7. The van der Waals surface area contributed by atoms with E-state index in [1.165, 1.54) is 11.3 Å². The minimum atomic E-state index is 0.0399. The third kappa shape index (κ3) is 4.18. The topological polar surface area (TPSA) is 65.4 Å². The van der Waals surface area contributed by atoms with Crippen LogP contribution >= 0.6 is 0 Å². The maximum absolute atomic E-state index is 12.2. The summed E-state index contributed by atoms with van der Waals surface area (Å²) in [7, 11) is 0. The summed E-state index contributed by atoms with van der Waals surface area (Å²) in [5.74, 6) is 2.08. The van der Waals surface area contributed by atoms with Gasteiger partial charge in [0.05, 0.1) is 5.69 Å². The van der Waals surface area contributed by atoms with Crippen molar-refractivity contribution in [2.45, 2.75) is 53.6 Å². The molecule has 6 nitrogen and oxygen atoms in total. The summed E-state index contributed by atoms with van der Waals surface area (Å²) in [5, 5.41) is 7.59. The van der Waals surface area contributed by atoms with Gasteiger partial charge in [-0.25, -0.2) is 0 Å². The number of amides is 1. The highest BCUT2D eigenvalue weighted by Crippen LogP contribution is 2.32. The number of benzene rings is 1.